The van der Waals surface area contributed by atoms with Gasteiger partial charge in [-0.1, -0.05) is 41.9 Å². The molecule has 1 heterocycles. The Morgan fingerprint density at radius 3 is 2.67 bits per heavy atom. The Morgan fingerprint density at radius 1 is 1.05 bits per heavy atom. The molecule has 0 bridgehead atoms. The Morgan fingerprint density at radius 2 is 1.86 bits per heavy atom. The van der Waals surface area contributed by atoms with Gasteiger partial charge in [0.15, 0.2) is 0 Å². The first-order valence-electron chi connectivity index (χ1n) is 6.69. The number of para-hydroxylation sites is 1. The average Bonchev–Trinajstić information content (AvgIpc) is 2.54. The van der Waals surface area contributed by atoms with Crippen molar-refractivity contribution in [3.8, 4) is 0 Å². The van der Waals surface area contributed by atoms with Crippen molar-refractivity contribution >= 4 is 22.6 Å². The molecule has 21 heavy (non-hydrogen) atoms. The van der Waals surface area contributed by atoms with Crippen molar-refractivity contribution < 1.29 is 0 Å². The van der Waals surface area contributed by atoms with Crippen LogP contribution >= 0.6 is 11.6 Å². The summed E-state index contributed by atoms with van der Waals surface area (Å²) in [5, 5.41) is 0.740. The first kappa shape index (κ1) is 13.9. The molecule has 0 aliphatic rings. The smallest absolute Gasteiger partial charge is 0.0935 e. The number of nitrogens with one attached hydrogen (secondary N) is 1. The van der Waals surface area contributed by atoms with Crippen LogP contribution in [0.4, 0.5) is 0 Å². The zero-order valence-corrected chi connectivity index (χ0v) is 12.1. The quantitative estimate of drug-likeness (QED) is 0.574. The van der Waals surface area contributed by atoms with E-state index in [-0.39, 0.29) is 6.04 Å². The van der Waals surface area contributed by atoms with Crippen LogP contribution < -0.4 is 11.3 Å². The number of hydrazine groups is 1. The lowest BCUT2D eigenvalue weighted by Gasteiger charge is -2.18. The van der Waals surface area contributed by atoms with Gasteiger partial charge in [0.05, 0.1) is 17.1 Å². The van der Waals surface area contributed by atoms with Gasteiger partial charge in [0.25, 0.3) is 0 Å². The highest BCUT2D eigenvalue weighted by Gasteiger charge is 2.16. The van der Waals surface area contributed by atoms with Crippen molar-refractivity contribution in [2.24, 2.45) is 5.84 Å². The molecule has 2 aromatic carbocycles. The lowest BCUT2D eigenvalue weighted by atomic mass is 9.98. The first-order chi connectivity index (χ1) is 10.3. The molecule has 0 aliphatic heterocycles. The molecule has 1 atom stereocenters. The van der Waals surface area contributed by atoms with Gasteiger partial charge in [-0.2, -0.15) is 0 Å². The predicted molar refractivity (Wildman–Crippen MR) is 84.8 cm³/mol. The molecule has 0 amide bonds. The third-order valence-corrected chi connectivity index (χ3v) is 3.86. The van der Waals surface area contributed by atoms with E-state index < -0.39 is 0 Å². The molecule has 1 unspecified atom stereocenters. The van der Waals surface area contributed by atoms with Crippen molar-refractivity contribution in [2.45, 2.75) is 12.5 Å². The maximum absolute atomic E-state index is 6.23. The van der Waals surface area contributed by atoms with Gasteiger partial charge < -0.3 is 0 Å². The van der Waals surface area contributed by atoms with E-state index in [1.807, 2.05) is 42.5 Å². The second-order valence-electron chi connectivity index (χ2n) is 4.79. The molecule has 0 radical (unpaired) electrons. The maximum Gasteiger partial charge on any atom is 0.0935 e. The number of benzene rings is 2. The number of halogens is 1. The summed E-state index contributed by atoms with van der Waals surface area (Å²) in [4.78, 5) is 8.75. The maximum atomic E-state index is 6.23. The molecule has 5 heteroatoms. The van der Waals surface area contributed by atoms with Gasteiger partial charge in [-0.3, -0.25) is 21.2 Å². The van der Waals surface area contributed by atoms with E-state index >= 15 is 0 Å². The van der Waals surface area contributed by atoms with Crippen LogP contribution in [0.3, 0.4) is 0 Å². The number of nitrogens with zero attached hydrogens (tertiary/aromatic N) is 2. The van der Waals surface area contributed by atoms with Crippen LogP contribution in [-0.4, -0.2) is 9.97 Å². The number of rotatable bonds is 4. The molecule has 0 saturated heterocycles. The second-order valence-corrected chi connectivity index (χ2v) is 5.19. The molecule has 0 saturated carbocycles. The van der Waals surface area contributed by atoms with Crippen molar-refractivity contribution in [1.29, 1.82) is 0 Å². The van der Waals surface area contributed by atoms with Gasteiger partial charge in [-0.05, 0) is 29.7 Å². The molecule has 3 aromatic rings. The second kappa shape index (κ2) is 6.18. The zero-order valence-electron chi connectivity index (χ0n) is 11.3. The van der Waals surface area contributed by atoms with Gasteiger partial charge in [-0.15, -0.1) is 0 Å². The molecule has 1 aromatic heterocycles. The van der Waals surface area contributed by atoms with E-state index in [4.69, 9.17) is 17.4 Å². The van der Waals surface area contributed by atoms with Gasteiger partial charge >= 0.3 is 0 Å². The first-order valence-corrected chi connectivity index (χ1v) is 7.06. The molecule has 4 nitrogen and oxygen atoms in total. The van der Waals surface area contributed by atoms with Crippen LogP contribution in [-0.2, 0) is 6.42 Å². The summed E-state index contributed by atoms with van der Waals surface area (Å²) in [5.41, 5.74) is 6.63. The standard InChI is InChI=1S/C16H15ClN4/c17-13-6-2-1-4-11(13)10-15(21-18)12-5-3-7-14-16(12)20-9-8-19-14/h1-9,15,21H,10,18H2. The molecule has 0 fully saturated rings. The molecule has 0 aliphatic carbocycles. The molecular weight excluding hydrogens is 284 g/mol. The van der Waals surface area contributed by atoms with Crippen molar-refractivity contribution in [1.82, 2.24) is 15.4 Å². The molecule has 0 spiro atoms. The lowest BCUT2D eigenvalue weighted by Crippen LogP contribution is -2.30. The summed E-state index contributed by atoms with van der Waals surface area (Å²) in [6.07, 6.45) is 4.06. The number of aromatic nitrogens is 2. The van der Waals surface area contributed by atoms with E-state index in [1.165, 1.54) is 0 Å². The average molecular weight is 299 g/mol. The minimum Gasteiger partial charge on any atom is -0.271 e. The largest absolute Gasteiger partial charge is 0.271 e. The van der Waals surface area contributed by atoms with Crippen molar-refractivity contribution in [2.75, 3.05) is 0 Å². The SMILES string of the molecule is NNC(Cc1ccccc1Cl)c1cccc2nccnc12. The van der Waals surface area contributed by atoms with Crippen molar-refractivity contribution in [3.63, 3.8) is 0 Å². The highest BCUT2D eigenvalue weighted by atomic mass is 35.5. The number of hydrogen-bond donors (Lipinski definition) is 2. The summed E-state index contributed by atoms with van der Waals surface area (Å²) in [5.74, 6) is 5.75. The van der Waals surface area contributed by atoms with Crippen LogP contribution in [0.2, 0.25) is 5.02 Å². The molecule has 3 N–H and O–H groups in total. The summed E-state index contributed by atoms with van der Waals surface area (Å²) in [7, 11) is 0. The predicted octanol–water partition coefficient (Wildman–Crippen LogP) is 3.03. The van der Waals surface area contributed by atoms with E-state index in [9.17, 15) is 0 Å². The van der Waals surface area contributed by atoms with E-state index in [2.05, 4.69) is 15.4 Å². The summed E-state index contributed by atoms with van der Waals surface area (Å²) in [6.45, 7) is 0. The normalized spacial score (nSPS) is 12.5. The lowest BCUT2D eigenvalue weighted by molar-refractivity contribution is 0.555. The highest BCUT2D eigenvalue weighted by molar-refractivity contribution is 6.31. The Balaban J connectivity index is 2.01. The van der Waals surface area contributed by atoms with Crippen LogP contribution in [0.25, 0.3) is 11.0 Å². The topological polar surface area (TPSA) is 63.8 Å². The van der Waals surface area contributed by atoms with E-state index in [1.54, 1.807) is 12.4 Å². The van der Waals surface area contributed by atoms with E-state index in [0.29, 0.717) is 6.42 Å². The van der Waals surface area contributed by atoms with Gasteiger partial charge in [-0.25, -0.2) is 0 Å². The fourth-order valence-electron chi connectivity index (χ4n) is 2.44. The minimum atomic E-state index is -0.0784. The molecular formula is C16H15ClN4. The third-order valence-electron chi connectivity index (χ3n) is 3.49. The van der Waals surface area contributed by atoms with Crippen molar-refractivity contribution in [3.05, 3.63) is 71.0 Å². The molecule has 3 rings (SSSR count). The molecule has 106 valence electrons. The highest BCUT2D eigenvalue weighted by Crippen LogP contribution is 2.26. The fourth-order valence-corrected chi connectivity index (χ4v) is 2.65. The Hall–Kier alpha value is -2.01. The summed E-state index contributed by atoms with van der Waals surface area (Å²) < 4.78 is 0. The van der Waals surface area contributed by atoms with E-state index in [0.717, 1.165) is 27.2 Å². The van der Waals surface area contributed by atoms with Gasteiger partial charge in [0.2, 0.25) is 0 Å². The summed E-state index contributed by atoms with van der Waals surface area (Å²) >= 11 is 6.23. The summed E-state index contributed by atoms with van der Waals surface area (Å²) in [6, 6.07) is 13.6. The van der Waals surface area contributed by atoms with Crippen LogP contribution in [0.1, 0.15) is 17.2 Å². The third kappa shape index (κ3) is 2.88. The Bertz CT molecular complexity index is 755. The van der Waals surface area contributed by atoms with Gasteiger partial charge in [0, 0.05) is 17.4 Å². The van der Waals surface area contributed by atoms with Gasteiger partial charge in [0.1, 0.15) is 0 Å². The monoisotopic (exact) mass is 298 g/mol. The zero-order chi connectivity index (χ0) is 14.7. The number of hydrogen-bond acceptors (Lipinski definition) is 4. The number of nitrogens with two attached hydrogens (primary N) is 1. The van der Waals surface area contributed by atoms with Crippen LogP contribution in [0, 0.1) is 0 Å². The Kier molecular flexibility index (Phi) is 4.10. The fraction of sp³-hybridized carbons (Fsp3) is 0.125. The van der Waals surface area contributed by atoms with Crippen LogP contribution in [0.15, 0.2) is 54.9 Å². The number of fused-ring (bicyclic) bond motifs is 1. The minimum absolute atomic E-state index is 0.0784. The van der Waals surface area contributed by atoms with Crippen LogP contribution in [0.5, 0.6) is 0 Å². The Labute approximate surface area is 128 Å².